The summed E-state index contributed by atoms with van der Waals surface area (Å²) in [6.45, 7) is 0. The molecular weight excluding hydrogens is 273 g/mol. The molecule has 0 atom stereocenters. The number of amides is 1. The second-order valence-electron chi connectivity index (χ2n) is 5.01. The molecule has 1 aliphatic carbocycles. The predicted molar refractivity (Wildman–Crippen MR) is 78.8 cm³/mol. The number of benzene rings is 2. The van der Waals surface area contributed by atoms with Crippen molar-refractivity contribution in [2.45, 2.75) is 23.8 Å². The summed E-state index contributed by atoms with van der Waals surface area (Å²) in [4.78, 5) is 12.3. The third-order valence-electron chi connectivity index (χ3n) is 3.59. The molecule has 20 heavy (non-hydrogen) atoms. The maximum absolute atomic E-state index is 13.1. The largest absolute Gasteiger partial charge is 0.349 e. The number of halogens is 1. The number of carbonyl (C=O) groups excluding carboxylic acids is 1. The standard InChI is InChI=1S/C16H14FNOS/c17-14-6-5-12(9-15(14)20)16(19)18-13-7-10-3-1-2-4-11(10)8-13/h1-6,9,13,20H,7-8H2,(H,18,19). The lowest BCUT2D eigenvalue weighted by molar-refractivity contribution is 0.0938. The van der Waals surface area contributed by atoms with Crippen LogP contribution in [0.3, 0.4) is 0 Å². The van der Waals surface area contributed by atoms with E-state index in [1.165, 1.54) is 29.3 Å². The lowest BCUT2D eigenvalue weighted by Crippen LogP contribution is -2.35. The first-order chi connectivity index (χ1) is 9.63. The van der Waals surface area contributed by atoms with Crippen molar-refractivity contribution in [3.8, 4) is 0 Å². The number of rotatable bonds is 2. The first-order valence-electron chi connectivity index (χ1n) is 6.49. The number of hydrogen-bond donors (Lipinski definition) is 2. The summed E-state index contributed by atoms with van der Waals surface area (Å²) in [5.74, 6) is -0.601. The van der Waals surface area contributed by atoms with Crippen molar-refractivity contribution in [2.75, 3.05) is 0 Å². The number of thiol groups is 1. The minimum atomic E-state index is -0.418. The first kappa shape index (κ1) is 13.2. The summed E-state index contributed by atoms with van der Waals surface area (Å²) in [7, 11) is 0. The smallest absolute Gasteiger partial charge is 0.251 e. The molecule has 1 N–H and O–H groups in total. The fraction of sp³-hybridized carbons (Fsp3) is 0.188. The van der Waals surface area contributed by atoms with Crippen LogP contribution in [0.4, 0.5) is 4.39 Å². The van der Waals surface area contributed by atoms with Crippen LogP contribution in [0.25, 0.3) is 0 Å². The summed E-state index contributed by atoms with van der Waals surface area (Å²) in [6, 6.07) is 12.5. The lowest BCUT2D eigenvalue weighted by Gasteiger charge is -2.12. The van der Waals surface area contributed by atoms with E-state index in [0.29, 0.717) is 5.56 Å². The molecule has 2 aromatic rings. The predicted octanol–water partition coefficient (Wildman–Crippen LogP) is 3.01. The topological polar surface area (TPSA) is 29.1 Å². The Bertz CT molecular complexity index is 646. The molecule has 102 valence electrons. The van der Waals surface area contributed by atoms with E-state index in [9.17, 15) is 9.18 Å². The van der Waals surface area contributed by atoms with E-state index >= 15 is 0 Å². The summed E-state index contributed by atoms with van der Waals surface area (Å²) in [6.07, 6.45) is 1.69. The molecule has 0 spiro atoms. The Morgan fingerprint density at radius 2 is 1.80 bits per heavy atom. The summed E-state index contributed by atoms with van der Waals surface area (Å²) in [5, 5.41) is 2.99. The number of hydrogen-bond acceptors (Lipinski definition) is 2. The summed E-state index contributed by atoms with van der Waals surface area (Å²) in [5.41, 5.74) is 3.01. The Labute approximate surface area is 122 Å². The average molecular weight is 287 g/mol. The van der Waals surface area contributed by atoms with Crippen molar-refractivity contribution in [1.82, 2.24) is 5.32 Å². The van der Waals surface area contributed by atoms with Crippen LogP contribution in [0.15, 0.2) is 47.4 Å². The Hall–Kier alpha value is -1.81. The maximum Gasteiger partial charge on any atom is 0.251 e. The second-order valence-corrected chi connectivity index (χ2v) is 5.50. The van der Waals surface area contributed by atoms with Gasteiger partial charge in [0.25, 0.3) is 5.91 Å². The molecule has 2 nitrogen and oxygen atoms in total. The van der Waals surface area contributed by atoms with Gasteiger partial charge in [0.15, 0.2) is 0 Å². The molecule has 1 aliphatic rings. The van der Waals surface area contributed by atoms with E-state index in [0.717, 1.165) is 12.8 Å². The third-order valence-corrected chi connectivity index (χ3v) is 3.94. The van der Waals surface area contributed by atoms with Crippen molar-refractivity contribution in [3.63, 3.8) is 0 Å². The molecule has 0 aliphatic heterocycles. The zero-order valence-electron chi connectivity index (χ0n) is 10.8. The van der Waals surface area contributed by atoms with E-state index in [-0.39, 0.29) is 16.8 Å². The third kappa shape index (κ3) is 2.56. The van der Waals surface area contributed by atoms with E-state index in [2.05, 4.69) is 30.1 Å². The van der Waals surface area contributed by atoms with Gasteiger partial charge in [0, 0.05) is 16.5 Å². The minimum Gasteiger partial charge on any atom is -0.349 e. The Kier molecular flexibility index (Phi) is 3.49. The van der Waals surface area contributed by atoms with Crippen LogP contribution < -0.4 is 5.32 Å². The SMILES string of the molecule is O=C(NC1Cc2ccccc2C1)c1ccc(F)c(S)c1. The highest BCUT2D eigenvalue weighted by atomic mass is 32.1. The summed E-state index contributed by atoms with van der Waals surface area (Å²) < 4.78 is 13.1. The molecule has 0 radical (unpaired) electrons. The monoisotopic (exact) mass is 287 g/mol. The molecule has 0 unspecified atom stereocenters. The minimum absolute atomic E-state index is 0.105. The fourth-order valence-electron chi connectivity index (χ4n) is 2.58. The van der Waals surface area contributed by atoms with Gasteiger partial charge in [-0.3, -0.25) is 4.79 Å². The first-order valence-corrected chi connectivity index (χ1v) is 6.94. The fourth-order valence-corrected chi connectivity index (χ4v) is 2.80. The molecule has 2 aromatic carbocycles. The highest BCUT2D eigenvalue weighted by molar-refractivity contribution is 7.80. The van der Waals surface area contributed by atoms with Gasteiger partial charge in [-0.1, -0.05) is 24.3 Å². The quantitative estimate of drug-likeness (QED) is 0.817. The molecule has 0 fully saturated rings. The van der Waals surface area contributed by atoms with Crippen LogP contribution in [0.1, 0.15) is 21.5 Å². The van der Waals surface area contributed by atoms with Crippen molar-refractivity contribution >= 4 is 18.5 Å². The molecule has 0 bridgehead atoms. The molecule has 0 saturated heterocycles. The van der Waals surface area contributed by atoms with Gasteiger partial charge in [0.05, 0.1) is 0 Å². The molecule has 0 heterocycles. The Morgan fingerprint density at radius 3 is 2.40 bits per heavy atom. The van der Waals surface area contributed by atoms with E-state index in [1.807, 2.05) is 12.1 Å². The average Bonchev–Trinajstić information content (AvgIpc) is 2.83. The van der Waals surface area contributed by atoms with Gasteiger partial charge in [-0.2, -0.15) is 0 Å². The second kappa shape index (κ2) is 5.29. The van der Waals surface area contributed by atoms with E-state index < -0.39 is 5.82 Å². The van der Waals surface area contributed by atoms with Gasteiger partial charge in [0.1, 0.15) is 5.82 Å². The Morgan fingerprint density at radius 1 is 1.15 bits per heavy atom. The lowest BCUT2D eigenvalue weighted by atomic mass is 10.1. The van der Waals surface area contributed by atoms with Crippen molar-refractivity contribution in [2.24, 2.45) is 0 Å². The van der Waals surface area contributed by atoms with Crippen LogP contribution in [-0.4, -0.2) is 11.9 Å². The van der Waals surface area contributed by atoms with Gasteiger partial charge in [-0.15, -0.1) is 12.6 Å². The number of carbonyl (C=O) groups is 1. The van der Waals surface area contributed by atoms with Gasteiger partial charge < -0.3 is 5.32 Å². The molecule has 4 heteroatoms. The van der Waals surface area contributed by atoms with Crippen LogP contribution in [0, 0.1) is 5.82 Å². The zero-order valence-corrected chi connectivity index (χ0v) is 11.7. The molecule has 1 amide bonds. The van der Waals surface area contributed by atoms with Crippen LogP contribution >= 0.6 is 12.6 Å². The van der Waals surface area contributed by atoms with Crippen LogP contribution in [-0.2, 0) is 12.8 Å². The Balaban J connectivity index is 1.70. The zero-order chi connectivity index (χ0) is 14.1. The maximum atomic E-state index is 13.1. The van der Waals surface area contributed by atoms with Gasteiger partial charge in [-0.05, 0) is 42.2 Å². The van der Waals surface area contributed by atoms with E-state index in [4.69, 9.17) is 0 Å². The molecule has 0 aromatic heterocycles. The molecule has 3 rings (SSSR count). The number of fused-ring (bicyclic) bond motifs is 1. The van der Waals surface area contributed by atoms with Crippen LogP contribution in [0.2, 0.25) is 0 Å². The van der Waals surface area contributed by atoms with Crippen LogP contribution in [0.5, 0.6) is 0 Å². The van der Waals surface area contributed by atoms with Crippen molar-refractivity contribution in [1.29, 1.82) is 0 Å². The van der Waals surface area contributed by atoms with Gasteiger partial charge in [0.2, 0.25) is 0 Å². The highest BCUT2D eigenvalue weighted by Crippen LogP contribution is 2.22. The normalized spacial score (nSPS) is 14.1. The van der Waals surface area contributed by atoms with Crippen molar-refractivity contribution < 1.29 is 9.18 Å². The van der Waals surface area contributed by atoms with Gasteiger partial charge >= 0.3 is 0 Å². The van der Waals surface area contributed by atoms with E-state index in [1.54, 1.807) is 0 Å². The van der Waals surface area contributed by atoms with Gasteiger partial charge in [-0.25, -0.2) is 4.39 Å². The van der Waals surface area contributed by atoms with Crippen molar-refractivity contribution in [3.05, 3.63) is 65.0 Å². The molecular formula is C16H14FNOS. The molecule has 0 saturated carbocycles. The number of nitrogens with one attached hydrogen (secondary N) is 1. The summed E-state index contributed by atoms with van der Waals surface area (Å²) >= 11 is 4.00. The highest BCUT2D eigenvalue weighted by Gasteiger charge is 2.22.